The zero-order valence-electron chi connectivity index (χ0n) is 11.0. The number of anilines is 1. The van der Waals surface area contributed by atoms with Crippen LogP contribution in [-0.2, 0) is 0 Å². The van der Waals surface area contributed by atoms with Crippen LogP contribution < -0.4 is 10.5 Å². The summed E-state index contributed by atoms with van der Waals surface area (Å²) in [7, 11) is 0. The van der Waals surface area contributed by atoms with Crippen LogP contribution in [0.5, 0.6) is 5.75 Å². The van der Waals surface area contributed by atoms with Crippen molar-refractivity contribution in [3.8, 4) is 5.75 Å². The molecule has 1 aliphatic rings. The van der Waals surface area contributed by atoms with Crippen molar-refractivity contribution in [1.29, 1.82) is 0 Å². The Kier molecular flexibility index (Phi) is 5.01. The maximum atomic E-state index is 9.97. The van der Waals surface area contributed by atoms with Crippen molar-refractivity contribution in [2.45, 2.75) is 25.0 Å². The van der Waals surface area contributed by atoms with Crippen LogP contribution in [0, 0.1) is 0 Å². The standard InChI is InChI=1S/C14H22N2O3/c15-11-1-5-14(6-2-11)19-10-13(18)9-16(7-8-17)12-3-4-12/h1-2,5-6,12-13,17-18H,3-4,7-10,15H2. The van der Waals surface area contributed by atoms with Gasteiger partial charge in [-0.2, -0.15) is 0 Å². The second kappa shape index (κ2) is 6.75. The van der Waals surface area contributed by atoms with Crippen molar-refractivity contribution >= 4 is 5.69 Å². The molecule has 0 amide bonds. The van der Waals surface area contributed by atoms with Gasteiger partial charge >= 0.3 is 0 Å². The molecule has 1 aromatic rings. The van der Waals surface area contributed by atoms with Gasteiger partial charge in [-0.25, -0.2) is 0 Å². The Labute approximate surface area is 113 Å². The van der Waals surface area contributed by atoms with Crippen LogP contribution >= 0.6 is 0 Å². The molecule has 1 fully saturated rings. The Morgan fingerprint density at radius 3 is 2.58 bits per heavy atom. The minimum absolute atomic E-state index is 0.127. The van der Waals surface area contributed by atoms with Crippen molar-refractivity contribution in [2.24, 2.45) is 0 Å². The van der Waals surface area contributed by atoms with E-state index in [9.17, 15) is 5.11 Å². The van der Waals surface area contributed by atoms with E-state index >= 15 is 0 Å². The lowest BCUT2D eigenvalue weighted by Gasteiger charge is -2.24. The normalized spacial score (nSPS) is 16.6. The highest BCUT2D eigenvalue weighted by Gasteiger charge is 2.29. The fourth-order valence-electron chi connectivity index (χ4n) is 2.07. The van der Waals surface area contributed by atoms with E-state index in [2.05, 4.69) is 4.90 Å². The van der Waals surface area contributed by atoms with Gasteiger partial charge in [0.2, 0.25) is 0 Å². The molecular formula is C14H22N2O3. The summed E-state index contributed by atoms with van der Waals surface area (Å²) >= 11 is 0. The molecule has 0 aromatic heterocycles. The molecule has 1 aliphatic carbocycles. The lowest BCUT2D eigenvalue weighted by atomic mass is 10.3. The Balaban J connectivity index is 1.73. The number of nitrogen functional groups attached to an aromatic ring is 1. The zero-order chi connectivity index (χ0) is 13.7. The topological polar surface area (TPSA) is 79.0 Å². The van der Waals surface area contributed by atoms with Gasteiger partial charge in [-0.15, -0.1) is 0 Å². The van der Waals surface area contributed by atoms with Crippen molar-refractivity contribution in [1.82, 2.24) is 4.90 Å². The van der Waals surface area contributed by atoms with E-state index in [1.165, 1.54) is 0 Å². The number of nitrogens with zero attached hydrogens (tertiary/aromatic N) is 1. The summed E-state index contributed by atoms with van der Waals surface area (Å²) in [6.45, 7) is 1.53. The number of rotatable bonds is 8. The predicted octanol–water partition coefficient (Wildman–Crippen LogP) is 0.465. The zero-order valence-corrected chi connectivity index (χ0v) is 11.0. The Bertz CT molecular complexity index is 379. The highest BCUT2D eigenvalue weighted by molar-refractivity contribution is 5.41. The first-order chi connectivity index (χ1) is 9.19. The number of aliphatic hydroxyl groups is 2. The number of benzene rings is 1. The van der Waals surface area contributed by atoms with E-state index in [0.29, 0.717) is 30.6 Å². The molecular weight excluding hydrogens is 244 g/mol. The van der Waals surface area contributed by atoms with Crippen molar-refractivity contribution in [2.75, 3.05) is 32.0 Å². The van der Waals surface area contributed by atoms with Gasteiger partial charge < -0.3 is 20.7 Å². The summed E-state index contributed by atoms with van der Waals surface area (Å²) in [6.07, 6.45) is 1.77. The molecule has 0 aliphatic heterocycles. The van der Waals surface area contributed by atoms with Crippen LogP contribution in [0.1, 0.15) is 12.8 Å². The van der Waals surface area contributed by atoms with Crippen molar-refractivity contribution in [3.05, 3.63) is 24.3 Å². The van der Waals surface area contributed by atoms with Gasteiger partial charge in [-0.3, -0.25) is 4.90 Å². The summed E-state index contributed by atoms with van der Waals surface area (Å²) in [5.74, 6) is 0.702. The molecule has 0 bridgehead atoms. The molecule has 106 valence electrons. The number of ether oxygens (including phenoxy) is 1. The average Bonchev–Trinajstić information content (AvgIpc) is 3.22. The number of nitrogens with two attached hydrogens (primary N) is 1. The second-order valence-electron chi connectivity index (χ2n) is 4.98. The van der Waals surface area contributed by atoms with Gasteiger partial charge in [0.1, 0.15) is 18.5 Å². The maximum absolute atomic E-state index is 9.97. The number of hydrogen-bond acceptors (Lipinski definition) is 5. The summed E-state index contributed by atoms with van der Waals surface area (Å²) in [4.78, 5) is 2.12. The molecule has 2 rings (SSSR count). The van der Waals surface area contributed by atoms with E-state index in [-0.39, 0.29) is 13.2 Å². The Morgan fingerprint density at radius 1 is 1.32 bits per heavy atom. The molecule has 5 heteroatoms. The van der Waals surface area contributed by atoms with Crippen LogP contribution in [0.15, 0.2) is 24.3 Å². The minimum atomic E-state index is -0.551. The molecule has 19 heavy (non-hydrogen) atoms. The molecule has 0 radical (unpaired) electrons. The lowest BCUT2D eigenvalue weighted by molar-refractivity contribution is 0.0588. The van der Waals surface area contributed by atoms with Crippen molar-refractivity contribution in [3.63, 3.8) is 0 Å². The van der Waals surface area contributed by atoms with Gasteiger partial charge in [0.15, 0.2) is 0 Å². The summed E-state index contributed by atoms with van der Waals surface area (Å²) in [5, 5.41) is 19.0. The van der Waals surface area contributed by atoms with Crippen LogP contribution in [0.4, 0.5) is 5.69 Å². The third-order valence-electron chi connectivity index (χ3n) is 3.22. The van der Waals surface area contributed by atoms with Gasteiger partial charge in [0.05, 0.1) is 6.61 Å². The van der Waals surface area contributed by atoms with Gasteiger partial charge in [0.25, 0.3) is 0 Å². The minimum Gasteiger partial charge on any atom is -0.491 e. The van der Waals surface area contributed by atoms with E-state index in [0.717, 1.165) is 12.8 Å². The average molecular weight is 266 g/mol. The first kappa shape index (κ1) is 14.1. The summed E-state index contributed by atoms with van der Waals surface area (Å²) < 4.78 is 5.51. The van der Waals surface area contributed by atoms with Crippen LogP contribution in [0.2, 0.25) is 0 Å². The lowest BCUT2D eigenvalue weighted by Crippen LogP contribution is -2.38. The summed E-state index contributed by atoms with van der Waals surface area (Å²) in [5.41, 5.74) is 6.28. The highest BCUT2D eigenvalue weighted by Crippen LogP contribution is 2.26. The van der Waals surface area contributed by atoms with Crippen LogP contribution in [0.3, 0.4) is 0 Å². The quantitative estimate of drug-likeness (QED) is 0.596. The van der Waals surface area contributed by atoms with Gasteiger partial charge in [-0.1, -0.05) is 0 Å². The van der Waals surface area contributed by atoms with E-state index in [4.69, 9.17) is 15.6 Å². The largest absolute Gasteiger partial charge is 0.491 e. The molecule has 1 atom stereocenters. The van der Waals surface area contributed by atoms with Crippen LogP contribution in [0.25, 0.3) is 0 Å². The molecule has 4 N–H and O–H groups in total. The third-order valence-corrected chi connectivity index (χ3v) is 3.22. The molecule has 0 heterocycles. The van der Waals surface area contributed by atoms with Crippen molar-refractivity contribution < 1.29 is 14.9 Å². The van der Waals surface area contributed by atoms with E-state index in [1.54, 1.807) is 24.3 Å². The number of hydrogen-bond donors (Lipinski definition) is 3. The second-order valence-corrected chi connectivity index (χ2v) is 4.98. The molecule has 1 saturated carbocycles. The summed E-state index contributed by atoms with van der Waals surface area (Å²) in [6, 6.07) is 7.63. The smallest absolute Gasteiger partial charge is 0.119 e. The maximum Gasteiger partial charge on any atom is 0.119 e. The fourth-order valence-corrected chi connectivity index (χ4v) is 2.07. The first-order valence-corrected chi connectivity index (χ1v) is 6.70. The molecule has 5 nitrogen and oxygen atoms in total. The molecule has 1 aromatic carbocycles. The van der Waals surface area contributed by atoms with Crippen LogP contribution in [-0.4, -0.2) is 53.6 Å². The first-order valence-electron chi connectivity index (χ1n) is 6.70. The molecule has 1 unspecified atom stereocenters. The Hall–Kier alpha value is -1.30. The molecule has 0 spiro atoms. The Morgan fingerprint density at radius 2 is 2.00 bits per heavy atom. The van der Waals surface area contributed by atoms with E-state index < -0.39 is 6.10 Å². The number of aliphatic hydroxyl groups excluding tert-OH is 2. The fraction of sp³-hybridized carbons (Fsp3) is 0.571. The van der Waals surface area contributed by atoms with E-state index in [1.807, 2.05) is 0 Å². The SMILES string of the molecule is Nc1ccc(OCC(O)CN(CCO)C2CC2)cc1. The third kappa shape index (κ3) is 4.70. The predicted molar refractivity (Wildman–Crippen MR) is 74.0 cm³/mol. The monoisotopic (exact) mass is 266 g/mol. The van der Waals surface area contributed by atoms with Gasteiger partial charge in [-0.05, 0) is 37.1 Å². The highest BCUT2D eigenvalue weighted by atomic mass is 16.5. The van der Waals surface area contributed by atoms with Gasteiger partial charge in [0, 0.05) is 24.8 Å². The molecule has 0 saturated heterocycles.